The lowest BCUT2D eigenvalue weighted by atomic mass is 9.85. The van der Waals surface area contributed by atoms with Gasteiger partial charge in [0.25, 0.3) is 0 Å². The predicted octanol–water partition coefficient (Wildman–Crippen LogP) is 5.04. The number of aliphatic carboxylic acids is 1. The molecule has 0 spiro atoms. The van der Waals surface area contributed by atoms with E-state index >= 15 is 0 Å². The van der Waals surface area contributed by atoms with Crippen LogP contribution in [-0.4, -0.2) is 46.9 Å². The van der Waals surface area contributed by atoms with Gasteiger partial charge in [-0.25, -0.2) is 4.79 Å². The molecule has 2 aliphatic carbocycles. The van der Waals surface area contributed by atoms with Crippen LogP contribution in [0.15, 0.2) is 28.8 Å². The number of carbonyl (C=O) groups is 2. The van der Waals surface area contributed by atoms with Crippen molar-refractivity contribution in [2.45, 2.75) is 64.6 Å². The molecule has 0 bridgehead atoms. The molecule has 1 aromatic heterocycles. The molecule has 2 fully saturated rings. The molecule has 0 radical (unpaired) electrons. The number of ether oxygens (including phenoxy) is 2. The minimum absolute atomic E-state index is 0.0925. The topological polar surface area (TPSA) is 102 Å². The highest BCUT2D eigenvalue weighted by Crippen LogP contribution is 2.32. The normalized spacial score (nSPS) is 20.7. The van der Waals surface area contributed by atoms with Crippen LogP contribution in [0.25, 0.3) is 11.3 Å². The van der Waals surface area contributed by atoms with Crippen molar-refractivity contribution in [3.8, 4) is 17.1 Å². The highest BCUT2D eigenvalue weighted by Gasteiger charge is 2.28. The van der Waals surface area contributed by atoms with Crippen molar-refractivity contribution < 1.29 is 28.7 Å². The third-order valence-corrected chi connectivity index (χ3v) is 6.79. The fourth-order valence-corrected chi connectivity index (χ4v) is 4.52. The van der Waals surface area contributed by atoms with Gasteiger partial charge in [-0.3, -0.25) is 4.79 Å². The number of amides is 1. The Kier molecular flexibility index (Phi) is 7.20. The number of carbonyl (C=O) groups excluding carboxylic acids is 1. The van der Waals surface area contributed by atoms with Crippen LogP contribution in [0.4, 0.5) is 4.79 Å². The first-order valence-electron chi connectivity index (χ1n) is 11.7. The summed E-state index contributed by atoms with van der Waals surface area (Å²) in [6.07, 6.45) is 6.11. The van der Waals surface area contributed by atoms with Crippen LogP contribution in [-0.2, 0) is 16.1 Å². The summed E-state index contributed by atoms with van der Waals surface area (Å²) in [6.45, 7) is 2.65. The molecule has 178 valence electrons. The number of aromatic nitrogens is 1. The van der Waals surface area contributed by atoms with E-state index in [4.69, 9.17) is 14.0 Å². The van der Waals surface area contributed by atoms with Crippen LogP contribution >= 0.6 is 0 Å². The number of hydrogen-bond acceptors (Lipinski definition) is 6. The molecule has 1 heterocycles. The molecular weight excluding hydrogens is 424 g/mol. The molecule has 1 aromatic carbocycles. The van der Waals surface area contributed by atoms with E-state index in [1.165, 1.54) is 19.3 Å². The molecule has 2 aromatic rings. The van der Waals surface area contributed by atoms with Crippen molar-refractivity contribution in [1.29, 1.82) is 0 Å². The highest BCUT2D eigenvalue weighted by atomic mass is 16.6. The maximum atomic E-state index is 12.4. The lowest BCUT2D eigenvalue weighted by Crippen LogP contribution is -2.34. The Labute approximate surface area is 193 Å². The van der Waals surface area contributed by atoms with Crippen molar-refractivity contribution in [2.24, 2.45) is 11.8 Å². The second-order valence-electron chi connectivity index (χ2n) is 9.27. The number of hydrogen-bond donors (Lipinski definition) is 1. The van der Waals surface area contributed by atoms with Crippen molar-refractivity contribution in [3.05, 3.63) is 35.5 Å². The summed E-state index contributed by atoms with van der Waals surface area (Å²) in [5, 5.41) is 13.3. The van der Waals surface area contributed by atoms with E-state index in [2.05, 4.69) is 5.16 Å². The van der Waals surface area contributed by atoms with Gasteiger partial charge in [-0.1, -0.05) is 11.6 Å². The summed E-state index contributed by atoms with van der Waals surface area (Å²) in [5.41, 5.74) is 2.23. The van der Waals surface area contributed by atoms with E-state index in [0.717, 1.165) is 30.5 Å². The zero-order valence-corrected chi connectivity index (χ0v) is 19.3. The first kappa shape index (κ1) is 23.1. The van der Waals surface area contributed by atoms with Crippen molar-refractivity contribution in [2.75, 3.05) is 13.6 Å². The number of aryl methyl sites for hydroxylation is 1. The zero-order valence-electron chi connectivity index (χ0n) is 19.3. The maximum Gasteiger partial charge on any atom is 0.409 e. The SMILES string of the molecule is Cc1noc(-c2ccc(O[C@H]3CCC[C@H](C(=O)O)C3)cc2)c1COC(=O)N(C)CC1CCC1. The highest BCUT2D eigenvalue weighted by molar-refractivity contribution is 5.70. The van der Waals surface area contributed by atoms with Gasteiger partial charge in [0.1, 0.15) is 12.4 Å². The van der Waals surface area contributed by atoms with Gasteiger partial charge in [0.05, 0.1) is 23.3 Å². The van der Waals surface area contributed by atoms with Crippen molar-refractivity contribution in [3.63, 3.8) is 0 Å². The second kappa shape index (κ2) is 10.3. The van der Waals surface area contributed by atoms with Crippen molar-refractivity contribution in [1.82, 2.24) is 10.1 Å². The molecule has 33 heavy (non-hydrogen) atoms. The summed E-state index contributed by atoms with van der Waals surface area (Å²) in [7, 11) is 1.77. The summed E-state index contributed by atoms with van der Waals surface area (Å²) in [5.74, 6) is 0.758. The lowest BCUT2D eigenvalue weighted by molar-refractivity contribution is -0.143. The van der Waals surface area contributed by atoms with E-state index in [1.807, 2.05) is 31.2 Å². The van der Waals surface area contributed by atoms with Crippen LogP contribution in [0.2, 0.25) is 0 Å². The summed E-state index contributed by atoms with van der Waals surface area (Å²) in [6, 6.07) is 7.45. The fraction of sp³-hybridized carbons (Fsp3) is 0.560. The molecule has 2 aliphatic rings. The van der Waals surface area contributed by atoms with Crippen LogP contribution in [0.1, 0.15) is 56.2 Å². The Hall–Kier alpha value is -3.03. The Morgan fingerprint density at radius 1 is 1.15 bits per heavy atom. The monoisotopic (exact) mass is 456 g/mol. The quantitative estimate of drug-likeness (QED) is 0.593. The molecule has 2 atom stereocenters. The number of rotatable bonds is 8. The fourth-order valence-electron chi connectivity index (χ4n) is 4.52. The van der Waals surface area contributed by atoms with Crippen LogP contribution < -0.4 is 4.74 Å². The summed E-state index contributed by atoms with van der Waals surface area (Å²) >= 11 is 0. The van der Waals surface area contributed by atoms with E-state index in [9.17, 15) is 14.7 Å². The molecule has 8 heteroatoms. The van der Waals surface area contributed by atoms with E-state index in [0.29, 0.717) is 36.0 Å². The first-order valence-corrected chi connectivity index (χ1v) is 11.7. The van der Waals surface area contributed by atoms with Gasteiger partial charge in [-0.05, 0) is 75.6 Å². The Balaban J connectivity index is 1.36. The predicted molar refractivity (Wildman–Crippen MR) is 121 cm³/mol. The molecular formula is C25H32N2O6. The number of carboxylic acid groups (broad SMARTS) is 1. The van der Waals surface area contributed by atoms with E-state index in [1.54, 1.807) is 11.9 Å². The minimum Gasteiger partial charge on any atom is -0.490 e. The molecule has 0 saturated heterocycles. The number of nitrogens with zero attached hydrogens (tertiary/aromatic N) is 2. The first-order chi connectivity index (χ1) is 15.9. The molecule has 1 amide bonds. The van der Waals surface area contributed by atoms with Gasteiger partial charge < -0.3 is 24.0 Å². The standard InChI is InChI=1S/C25H32N2O6/c1-16-22(15-31-25(30)27(2)14-17-5-3-6-17)23(33-26-16)18-9-11-20(12-10-18)32-21-8-4-7-19(13-21)24(28)29/h9-12,17,19,21H,3-8,13-15H2,1-2H3,(H,28,29)/t19-,21-/m0/s1. The Morgan fingerprint density at radius 2 is 1.88 bits per heavy atom. The van der Waals surface area contributed by atoms with Crippen LogP contribution in [0.5, 0.6) is 5.75 Å². The molecule has 4 rings (SSSR count). The number of benzene rings is 1. The van der Waals surface area contributed by atoms with Crippen LogP contribution in [0, 0.1) is 18.8 Å². The second-order valence-corrected chi connectivity index (χ2v) is 9.27. The average molecular weight is 457 g/mol. The average Bonchev–Trinajstić information content (AvgIpc) is 3.15. The third-order valence-electron chi connectivity index (χ3n) is 6.79. The maximum absolute atomic E-state index is 12.4. The Bertz CT molecular complexity index is 966. The summed E-state index contributed by atoms with van der Waals surface area (Å²) < 4.78 is 17.1. The molecule has 1 N–H and O–H groups in total. The minimum atomic E-state index is -0.748. The van der Waals surface area contributed by atoms with E-state index in [-0.39, 0.29) is 24.7 Å². The zero-order chi connectivity index (χ0) is 23.4. The molecule has 2 saturated carbocycles. The van der Waals surface area contributed by atoms with E-state index < -0.39 is 5.97 Å². The van der Waals surface area contributed by atoms with Crippen molar-refractivity contribution >= 4 is 12.1 Å². The molecule has 8 nitrogen and oxygen atoms in total. The van der Waals surface area contributed by atoms with Gasteiger partial charge in [0.15, 0.2) is 5.76 Å². The largest absolute Gasteiger partial charge is 0.490 e. The van der Waals surface area contributed by atoms with Gasteiger partial charge >= 0.3 is 12.1 Å². The molecule has 0 unspecified atom stereocenters. The molecule has 0 aliphatic heterocycles. The number of carboxylic acids is 1. The Morgan fingerprint density at radius 3 is 2.55 bits per heavy atom. The van der Waals surface area contributed by atoms with Crippen LogP contribution in [0.3, 0.4) is 0 Å². The smallest absolute Gasteiger partial charge is 0.409 e. The van der Waals surface area contributed by atoms with Gasteiger partial charge in [-0.15, -0.1) is 0 Å². The van der Waals surface area contributed by atoms with Gasteiger partial charge in [0, 0.05) is 19.2 Å². The van der Waals surface area contributed by atoms with Gasteiger partial charge in [-0.2, -0.15) is 0 Å². The third kappa shape index (κ3) is 5.67. The lowest BCUT2D eigenvalue weighted by Gasteiger charge is -2.29. The van der Waals surface area contributed by atoms with Gasteiger partial charge in [0.2, 0.25) is 0 Å². The summed E-state index contributed by atoms with van der Waals surface area (Å²) in [4.78, 5) is 25.3.